The third kappa shape index (κ3) is 3.19. The Morgan fingerprint density at radius 1 is 1.47 bits per heavy atom. The first-order valence-electron chi connectivity index (χ1n) is 4.88. The number of hydrogen-bond acceptors (Lipinski definition) is 2. The molecule has 2 N–H and O–H groups in total. The van der Waals surface area contributed by atoms with E-state index in [-0.39, 0.29) is 5.91 Å². The van der Waals surface area contributed by atoms with Crippen LogP contribution in [0.25, 0.3) is 0 Å². The van der Waals surface area contributed by atoms with E-state index in [9.17, 15) is 4.79 Å². The number of carbonyl (C=O) groups excluding carboxylic acids is 1. The van der Waals surface area contributed by atoms with E-state index in [1.54, 1.807) is 24.4 Å². The largest absolute Gasteiger partial charge is 0.346 e. The highest BCUT2D eigenvalue weighted by molar-refractivity contribution is 14.1. The van der Waals surface area contributed by atoms with Gasteiger partial charge >= 0.3 is 0 Å². The molecule has 17 heavy (non-hydrogen) atoms. The lowest BCUT2D eigenvalue weighted by Crippen LogP contribution is -2.22. The van der Waals surface area contributed by atoms with Crippen molar-refractivity contribution in [1.29, 1.82) is 0 Å². The van der Waals surface area contributed by atoms with Crippen LogP contribution in [0.15, 0.2) is 30.5 Å². The van der Waals surface area contributed by atoms with Crippen molar-refractivity contribution in [2.75, 3.05) is 0 Å². The number of aromatic amines is 1. The summed E-state index contributed by atoms with van der Waals surface area (Å²) in [7, 11) is 0. The standard InChI is InChI=1S/C11H9ClIN3O/c12-9-5-7(1-2-10(9)13)11(17)14-6-8-3-4-15-16-8/h1-5H,6H2,(H,14,17)(H,15,16). The van der Waals surface area contributed by atoms with Crippen molar-refractivity contribution in [3.8, 4) is 0 Å². The van der Waals surface area contributed by atoms with Crippen LogP contribution < -0.4 is 5.32 Å². The summed E-state index contributed by atoms with van der Waals surface area (Å²) >= 11 is 8.07. The van der Waals surface area contributed by atoms with Crippen molar-refractivity contribution in [1.82, 2.24) is 15.5 Å². The Morgan fingerprint density at radius 3 is 2.94 bits per heavy atom. The minimum atomic E-state index is -0.155. The molecule has 2 rings (SSSR count). The van der Waals surface area contributed by atoms with E-state index in [0.29, 0.717) is 17.1 Å². The van der Waals surface area contributed by atoms with E-state index in [4.69, 9.17) is 11.6 Å². The smallest absolute Gasteiger partial charge is 0.251 e. The summed E-state index contributed by atoms with van der Waals surface area (Å²) in [4.78, 5) is 11.8. The Labute approximate surface area is 117 Å². The molecule has 0 saturated carbocycles. The number of halogens is 2. The number of rotatable bonds is 3. The van der Waals surface area contributed by atoms with Crippen LogP contribution in [-0.4, -0.2) is 16.1 Å². The predicted octanol–water partition coefficient (Wildman–Crippen LogP) is 2.60. The molecule has 88 valence electrons. The van der Waals surface area contributed by atoms with Gasteiger partial charge in [0.25, 0.3) is 5.91 Å². The van der Waals surface area contributed by atoms with Gasteiger partial charge in [0.2, 0.25) is 0 Å². The van der Waals surface area contributed by atoms with Crippen LogP contribution in [0.1, 0.15) is 16.1 Å². The summed E-state index contributed by atoms with van der Waals surface area (Å²) in [6.07, 6.45) is 1.64. The minimum absolute atomic E-state index is 0.155. The Hall–Kier alpha value is -1.08. The van der Waals surface area contributed by atoms with Crippen molar-refractivity contribution >= 4 is 40.1 Å². The second-order valence-corrected chi connectivity index (χ2v) is 4.96. The fraction of sp³-hybridized carbons (Fsp3) is 0.0909. The molecule has 1 aromatic heterocycles. The topological polar surface area (TPSA) is 57.8 Å². The fourth-order valence-electron chi connectivity index (χ4n) is 1.30. The molecule has 0 aliphatic carbocycles. The van der Waals surface area contributed by atoms with Crippen LogP contribution >= 0.6 is 34.2 Å². The second kappa shape index (κ2) is 5.50. The highest BCUT2D eigenvalue weighted by Gasteiger charge is 2.07. The van der Waals surface area contributed by atoms with Crippen LogP contribution in [-0.2, 0) is 6.54 Å². The molecule has 6 heteroatoms. The summed E-state index contributed by atoms with van der Waals surface area (Å²) < 4.78 is 0.925. The quantitative estimate of drug-likeness (QED) is 0.826. The van der Waals surface area contributed by atoms with Crippen molar-refractivity contribution < 1.29 is 4.79 Å². The Balaban J connectivity index is 2.02. The molecule has 0 fully saturated rings. The zero-order chi connectivity index (χ0) is 12.3. The van der Waals surface area contributed by atoms with Gasteiger partial charge in [0, 0.05) is 15.3 Å². The van der Waals surface area contributed by atoms with E-state index in [0.717, 1.165) is 9.26 Å². The van der Waals surface area contributed by atoms with E-state index >= 15 is 0 Å². The van der Waals surface area contributed by atoms with E-state index in [1.807, 2.05) is 6.07 Å². The number of benzene rings is 1. The summed E-state index contributed by atoms with van der Waals surface area (Å²) in [5, 5.41) is 9.93. The SMILES string of the molecule is O=C(NCc1ccn[nH]1)c1ccc(I)c(Cl)c1. The van der Waals surface area contributed by atoms with Crippen LogP contribution in [0, 0.1) is 3.57 Å². The lowest BCUT2D eigenvalue weighted by atomic mass is 10.2. The molecule has 1 amide bonds. The summed E-state index contributed by atoms with van der Waals surface area (Å²) in [5.74, 6) is -0.155. The molecule has 1 heterocycles. The zero-order valence-corrected chi connectivity index (χ0v) is 11.6. The van der Waals surface area contributed by atoms with Gasteiger partial charge < -0.3 is 5.32 Å². The number of nitrogens with one attached hydrogen (secondary N) is 2. The normalized spacial score (nSPS) is 10.2. The molecule has 1 aromatic carbocycles. The van der Waals surface area contributed by atoms with Crippen molar-refractivity contribution in [3.63, 3.8) is 0 Å². The van der Waals surface area contributed by atoms with Crippen LogP contribution in [0.2, 0.25) is 5.02 Å². The van der Waals surface area contributed by atoms with Gasteiger partial charge in [-0.1, -0.05) is 11.6 Å². The number of aromatic nitrogens is 2. The molecule has 4 nitrogen and oxygen atoms in total. The zero-order valence-electron chi connectivity index (χ0n) is 8.71. The van der Waals surface area contributed by atoms with E-state index < -0.39 is 0 Å². The average Bonchev–Trinajstić information content (AvgIpc) is 2.82. The Bertz CT molecular complexity index is 528. The van der Waals surface area contributed by atoms with Gasteiger partial charge in [-0.2, -0.15) is 5.10 Å². The van der Waals surface area contributed by atoms with Crippen LogP contribution in [0.3, 0.4) is 0 Å². The van der Waals surface area contributed by atoms with Gasteiger partial charge in [-0.25, -0.2) is 0 Å². The van der Waals surface area contributed by atoms with Gasteiger partial charge in [-0.3, -0.25) is 9.89 Å². The Kier molecular flexibility index (Phi) is 4.01. The molecular formula is C11H9ClIN3O. The van der Waals surface area contributed by atoms with Crippen molar-refractivity contribution in [2.45, 2.75) is 6.54 Å². The monoisotopic (exact) mass is 361 g/mol. The summed E-state index contributed by atoms with van der Waals surface area (Å²) in [6.45, 7) is 0.419. The molecule has 0 aliphatic heterocycles. The Morgan fingerprint density at radius 2 is 2.29 bits per heavy atom. The second-order valence-electron chi connectivity index (χ2n) is 3.39. The minimum Gasteiger partial charge on any atom is -0.346 e. The third-order valence-electron chi connectivity index (χ3n) is 2.18. The molecule has 0 saturated heterocycles. The molecule has 0 atom stereocenters. The van der Waals surface area contributed by atoms with E-state index in [1.165, 1.54) is 0 Å². The van der Waals surface area contributed by atoms with Gasteiger partial charge in [0.15, 0.2) is 0 Å². The van der Waals surface area contributed by atoms with Gasteiger partial charge in [0.05, 0.1) is 17.3 Å². The maximum absolute atomic E-state index is 11.8. The summed E-state index contributed by atoms with van der Waals surface area (Å²) in [6, 6.07) is 7.02. The average molecular weight is 362 g/mol. The number of H-pyrrole nitrogens is 1. The van der Waals surface area contributed by atoms with Gasteiger partial charge in [0.1, 0.15) is 0 Å². The molecule has 2 aromatic rings. The number of carbonyl (C=O) groups is 1. The first-order chi connectivity index (χ1) is 8.16. The molecular weight excluding hydrogens is 352 g/mol. The maximum Gasteiger partial charge on any atom is 0.251 e. The van der Waals surface area contributed by atoms with Crippen molar-refractivity contribution in [2.24, 2.45) is 0 Å². The maximum atomic E-state index is 11.8. The molecule has 0 aliphatic rings. The first kappa shape index (κ1) is 12.4. The van der Waals surface area contributed by atoms with Crippen molar-refractivity contribution in [3.05, 3.63) is 50.3 Å². The highest BCUT2D eigenvalue weighted by atomic mass is 127. The molecule has 0 bridgehead atoms. The molecule has 0 spiro atoms. The lowest BCUT2D eigenvalue weighted by Gasteiger charge is -2.04. The van der Waals surface area contributed by atoms with Gasteiger partial charge in [-0.15, -0.1) is 0 Å². The third-order valence-corrected chi connectivity index (χ3v) is 3.75. The van der Waals surface area contributed by atoms with Gasteiger partial charge in [-0.05, 0) is 46.9 Å². The number of hydrogen-bond donors (Lipinski definition) is 2. The first-order valence-corrected chi connectivity index (χ1v) is 6.34. The van der Waals surface area contributed by atoms with E-state index in [2.05, 4.69) is 38.1 Å². The number of amides is 1. The number of nitrogens with zero attached hydrogens (tertiary/aromatic N) is 1. The van der Waals surface area contributed by atoms with Crippen LogP contribution in [0.4, 0.5) is 0 Å². The fourth-order valence-corrected chi connectivity index (χ4v) is 1.81. The van der Waals surface area contributed by atoms with Crippen LogP contribution in [0.5, 0.6) is 0 Å². The summed E-state index contributed by atoms with van der Waals surface area (Å²) in [5.41, 5.74) is 1.41. The molecule has 0 unspecified atom stereocenters. The highest BCUT2D eigenvalue weighted by Crippen LogP contribution is 2.19. The molecule has 0 radical (unpaired) electrons. The predicted molar refractivity (Wildman–Crippen MR) is 73.9 cm³/mol. The lowest BCUT2D eigenvalue weighted by molar-refractivity contribution is 0.0950.